The molecule has 0 spiro atoms. The van der Waals surface area contributed by atoms with Gasteiger partial charge in [-0.3, -0.25) is 4.98 Å². The van der Waals surface area contributed by atoms with E-state index in [2.05, 4.69) is 10.1 Å². The van der Waals surface area contributed by atoms with Crippen molar-refractivity contribution in [2.24, 2.45) is 5.16 Å². The molecule has 0 aliphatic carbocycles. The molecule has 2 aromatic rings. The molecular weight excluding hydrogens is 212 g/mol. The van der Waals surface area contributed by atoms with Gasteiger partial charge >= 0.3 is 0 Å². The van der Waals surface area contributed by atoms with Gasteiger partial charge in [-0.2, -0.15) is 0 Å². The van der Waals surface area contributed by atoms with Crippen molar-refractivity contribution in [3.05, 3.63) is 54.2 Å². The highest BCUT2D eigenvalue weighted by Crippen LogP contribution is 2.17. The molecule has 3 heteroatoms. The molecule has 1 aromatic heterocycles. The zero-order valence-corrected chi connectivity index (χ0v) is 9.67. The molecule has 1 N–H and O–H groups in total. The SMILES string of the molecule is C/C(Cc1ccc(-c2ccccn2)cc1)=N\O. The predicted octanol–water partition coefficient (Wildman–Crippen LogP) is 3.14. The molecule has 0 saturated carbocycles. The minimum absolute atomic E-state index is 0.666. The van der Waals surface area contributed by atoms with E-state index in [9.17, 15) is 0 Å². The fourth-order valence-electron chi connectivity index (χ4n) is 1.66. The van der Waals surface area contributed by atoms with Crippen molar-refractivity contribution in [1.29, 1.82) is 0 Å². The van der Waals surface area contributed by atoms with Gasteiger partial charge in [0.25, 0.3) is 0 Å². The third-order valence-electron chi connectivity index (χ3n) is 2.55. The van der Waals surface area contributed by atoms with E-state index in [4.69, 9.17) is 5.21 Å². The molecule has 0 saturated heterocycles. The molecule has 1 aromatic carbocycles. The third-order valence-corrected chi connectivity index (χ3v) is 2.55. The average molecular weight is 226 g/mol. The summed E-state index contributed by atoms with van der Waals surface area (Å²) >= 11 is 0. The van der Waals surface area contributed by atoms with Crippen LogP contribution in [-0.2, 0) is 6.42 Å². The van der Waals surface area contributed by atoms with Crippen molar-refractivity contribution >= 4 is 5.71 Å². The number of aromatic nitrogens is 1. The Balaban J connectivity index is 2.19. The van der Waals surface area contributed by atoms with Crippen LogP contribution in [0.3, 0.4) is 0 Å². The molecule has 0 radical (unpaired) electrons. The molecule has 0 atom stereocenters. The quantitative estimate of drug-likeness (QED) is 0.496. The van der Waals surface area contributed by atoms with Gasteiger partial charge in [-0.1, -0.05) is 35.5 Å². The van der Waals surface area contributed by atoms with Crippen LogP contribution < -0.4 is 0 Å². The summed E-state index contributed by atoms with van der Waals surface area (Å²) in [4.78, 5) is 4.29. The molecule has 0 unspecified atom stereocenters. The molecule has 17 heavy (non-hydrogen) atoms. The van der Waals surface area contributed by atoms with Gasteiger partial charge < -0.3 is 5.21 Å². The van der Waals surface area contributed by atoms with Gasteiger partial charge in [-0.25, -0.2) is 0 Å². The summed E-state index contributed by atoms with van der Waals surface area (Å²) in [5.41, 5.74) is 3.88. The topological polar surface area (TPSA) is 45.5 Å². The van der Waals surface area contributed by atoms with E-state index >= 15 is 0 Å². The van der Waals surface area contributed by atoms with E-state index in [1.807, 2.05) is 42.5 Å². The lowest BCUT2D eigenvalue weighted by molar-refractivity contribution is 0.317. The lowest BCUT2D eigenvalue weighted by atomic mass is 10.1. The maximum Gasteiger partial charge on any atom is 0.0701 e. The molecule has 0 bridgehead atoms. The molecule has 3 nitrogen and oxygen atoms in total. The number of hydrogen-bond donors (Lipinski definition) is 1. The molecule has 0 amide bonds. The number of benzene rings is 1. The zero-order valence-electron chi connectivity index (χ0n) is 9.67. The predicted molar refractivity (Wildman–Crippen MR) is 68.3 cm³/mol. The molecule has 0 aliphatic rings. The number of oxime groups is 1. The molecule has 0 fully saturated rings. The van der Waals surface area contributed by atoms with Crippen LogP contribution in [-0.4, -0.2) is 15.9 Å². The van der Waals surface area contributed by atoms with Crippen LogP contribution in [0.2, 0.25) is 0 Å². The molecular formula is C14H14N2O. The Labute approximate surface area is 100 Å². The molecule has 0 aliphatic heterocycles. The maximum absolute atomic E-state index is 8.61. The second-order valence-corrected chi connectivity index (χ2v) is 3.92. The van der Waals surface area contributed by atoms with Gasteiger partial charge in [-0.05, 0) is 24.6 Å². The largest absolute Gasteiger partial charge is 0.411 e. The van der Waals surface area contributed by atoms with E-state index in [0.717, 1.165) is 16.8 Å². The molecule has 1 heterocycles. The Morgan fingerprint density at radius 1 is 1.18 bits per heavy atom. The number of nitrogens with zero attached hydrogens (tertiary/aromatic N) is 2. The average Bonchev–Trinajstić information content (AvgIpc) is 2.40. The Kier molecular flexibility index (Phi) is 3.50. The van der Waals surface area contributed by atoms with Crippen LogP contribution in [0.25, 0.3) is 11.3 Å². The van der Waals surface area contributed by atoms with Crippen LogP contribution in [0.15, 0.2) is 53.8 Å². The first-order chi connectivity index (χ1) is 8.29. The Morgan fingerprint density at radius 2 is 1.94 bits per heavy atom. The second-order valence-electron chi connectivity index (χ2n) is 3.92. The van der Waals surface area contributed by atoms with Crippen molar-refractivity contribution in [2.75, 3.05) is 0 Å². The van der Waals surface area contributed by atoms with Gasteiger partial charge in [0.1, 0.15) is 0 Å². The van der Waals surface area contributed by atoms with E-state index in [1.54, 1.807) is 13.1 Å². The van der Waals surface area contributed by atoms with Crippen LogP contribution in [0.1, 0.15) is 12.5 Å². The van der Waals surface area contributed by atoms with Crippen molar-refractivity contribution in [3.8, 4) is 11.3 Å². The summed E-state index contributed by atoms with van der Waals surface area (Å²) in [5, 5.41) is 11.8. The van der Waals surface area contributed by atoms with Crippen LogP contribution >= 0.6 is 0 Å². The van der Waals surface area contributed by atoms with E-state index in [1.165, 1.54) is 0 Å². The van der Waals surface area contributed by atoms with Crippen LogP contribution in [0, 0.1) is 0 Å². The Hall–Kier alpha value is -2.16. The standard InChI is InChI=1S/C14H14N2O/c1-11(16-17)10-12-5-7-13(8-6-12)14-4-2-3-9-15-14/h2-9,17H,10H2,1H3/b16-11+. The summed E-state index contributed by atoms with van der Waals surface area (Å²) in [6, 6.07) is 14.0. The minimum atomic E-state index is 0.666. The number of hydrogen-bond acceptors (Lipinski definition) is 3. The monoisotopic (exact) mass is 226 g/mol. The summed E-state index contributed by atoms with van der Waals surface area (Å²) < 4.78 is 0. The van der Waals surface area contributed by atoms with Gasteiger partial charge in [-0.15, -0.1) is 0 Å². The normalized spacial score (nSPS) is 11.5. The lowest BCUT2D eigenvalue weighted by Gasteiger charge is -2.03. The van der Waals surface area contributed by atoms with Crippen molar-refractivity contribution in [2.45, 2.75) is 13.3 Å². The highest BCUT2D eigenvalue weighted by molar-refractivity contribution is 5.83. The third kappa shape index (κ3) is 2.91. The van der Waals surface area contributed by atoms with Gasteiger partial charge in [0.2, 0.25) is 0 Å². The maximum atomic E-state index is 8.61. The Bertz CT molecular complexity index is 504. The number of pyridine rings is 1. The summed E-state index contributed by atoms with van der Waals surface area (Å²) in [6.45, 7) is 1.80. The first-order valence-electron chi connectivity index (χ1n) is 5.47. The second kappa shape index (κ2) is 5.25. The fourth-order valence-corrected chi connectivity index (χ4v) is 1.66. The summed E-state index contributed by atoms with van der Waals surface area (Å²) in [5.74, 6) is 0. The van der Waals surface area contributed by atoms with E-state index in [-0.39, 0.29) is 0 Å². The highest BCUT2D eigenvalue weighted by atomic mass is 16.4. The lowest BCUT2D eigenvalue weighted by Crippen LogP contribution is -1.97. The van der Waals surface area contributed by atoms with Crippen LogP contribution in [0.4, 0.5) is 0 Å². The van der Waals surface area contributed by atoms with Crippen molar-refractivity contribution in [3.63, 3.8) is 0 Å². The fraction of sp³-hybridized carbons (Fsp3) is 0.143. The van der Waals surface area contributed by atoms with Crippen molar-refractivity contribution in [1.82, 2.24) is 4.98 Å². The van der Waals surface area contributed by atoms with Gasteiger partial charge in [0.15, 0.2) is 0 Å². The summed E-state index contributed by atoms with van der Waals surface area (Å²) in [6.07, 6.45) is 2.45. The van der Waals surface area contributed by atoms with Crippen LogP contribution in [0.5, 0.6) is 0 Å². The summed E-state index contributed by atoms with van der Waals surface area (Å²) in [7, 11) is 0. The van der Waals surface area contributed by atoms with Crippen molar-refractivity contribution < 1.29 is 5.21 Å². The van der Waals surface area contributed by atoms with Gasteiger partial charge in [0.05, 0.1) is 11.4 Å². The Morgan fingerprint density at radius 3 is 2.53 bits per heavy atom. The number of rotatable bonds is 3. The first kappa shape index (κ1) is 11.3. The van der Waals surface area contributed by atoms with Gasteiger partial charge in [0, 0.05) is 18.2 Å². The highest BCUT2D eigenvalue weighted by Gasteiger charge is 2.00. The molecule has 2 rings (SSSR count). The molecule has 86 valence electrons. The van der Waals surface area contributed by atoms with E-state index < -0.39 is 0 Å². The smallest absolute Gasteiger partial charge is 0.0701 e. The minimum Gasteiger partial charge on any atom is -0.411 e. The zero-order chi connectivity index (χ0) is 12.1. The first-order valence-corrected chi connectivity index (χ1v) is 5.47. The van der Waals surface area contributed by atoms with E-state index in [0.29, 0.717) is 12.1 Å².